The number of hydrogen-bond donors (Lipinski definition) is 1. The molecule has 3 heterocycles. The molecular formula is C20H21NOS. The number of nitrogens with zero attached hydrogens (tertiary/aromatic N) is 1. The number of aryl methyl sites for hydroxylation is 2. The van der Waals surface area contributed by atoms with Crippen LogP contribution in [0.4, 0.5) is 0 Å². The second-order valence-electron chi connectivity index (χ2n) is 6.73. The van der Waals surface area contributed by atoms with Gasteiger partial charge in [0.2, 0.25) is 0 Å². The van der Waals surface area contributed by atoms with Gasteiger partial charge in [-0.3, -0.25) is 0 Å². The van der Waals surface area contributed by atoms with Gasteiger partial charge in [0.25, 0.3) is 0 Å². The van der Waals surface area contributed by atoms with Crippen molar-refractivity contribution in [2.75, 3.05) is 0 Å². The van der Waals surface area contributed by atoms with Crippen molar-refractivity contribution in [2.24, 2.45) is 5.92 Å². The van der Waals surface area contributed by atoms with Gasteiger partial charge in [0.1, 0.15) is 5.75 Å². The molecule has 4 rings (SSSR count). The molecule has 0 saturated heterocycles. The van der Waals surface area contributed by atoms with Gasteiger partial charge in [0, 0.05) is 28.7 Å². The molecule has 0 radical (unpaired) electrons. The molecule has 118 valence electrons. The number of benzene rings is 1. The highest BCUT2D eigenvalue weighted by Gasteiger charge is 2.22. The van der Waals surface area contributed by atoms with Gasteiger partial charge in [-0.15, -0.1) is 11.3 Å². The smallest absolute Gasteiger partial charge is 0.119 e. The average molecular weight is 323 g/mol. The van der Waals surface area contributed by atoms with Gasteiger partial charge in [-0.05, 0) is 59.5 Å². The van der Waals surface area contributed by atoms with Crippen LogP contribution < -0.4 is 0 Å². The van der Waals surface area contributed by atoms with Crippen LogP contribution in [0.3, 0.4) is 0 Å². The lowest BCUT2D eigenvalue weighted by Gasteiger charge is -2.22. The van der Waals surface area contributed by atoms with Crippen LogP contribution in [-0.2, 0) is 19.4 Å². The van der Waals surface area contributed by atoms with Crippen LogP contribution in [0.5, 0.6) is 5.75 Å². The fraction of sp³-hybridized carbons (Fsp3) is 0.300. The molecule has 0 saturated carbocycles. The Morgan fingerprint density at radius 2 is 2.09 bits per heavy atom. The molecule has 0 fully saturated rings. The molecule has 3 heteroatoms. The lowest BCUT2D eigenvalue weighted by atomic mass is 9.91. The number of thiophene rings is 1. The summed E-state index contributed by atoms with van der Waals surface area (Å²) in [6, 6.07) is 10.7. The largest absolute Gasteiger partial charge is 0.508 e. The Bertz CT molecular complexity index is 843. The van der Waals surface area contributed by atoms with Gasteiger partial charge in [0.05, 0.1) is 5.69 Å². The molecule has 1 N–H and O–H groups in total. The Hall–Kier alpha value is -2.00. The zero-order chi connectivity index (χ0) is 16.0. The minimum absolute atomic E-state index is 0.454. The molecule has 0 atom stereocenters. The van der Waals surface area contributed by atoms with E-state index in [0.29, 0.717) is 11.7 Å². The SMILES string of the molecule is CC(C)Cc1cc2c(cc1O)CCn1ccc(-c3cccs3)c1-2. The number of aromatic hydroxyl groups is 1. The summed E-state index contributed by atoms with van der Waals surface area (Å²) in [5.41, 5.74) is 6.23. The van der Waals surface area contributed by atoms with Crippen LogP contribution in [0.25, 0.3) is 21.7 Å². The summed E-state index contributed by atoms with van der Waals surface area (Å²) in [6.45, 7) is 5.37. The van der Waals surface area contributed by atoms with Crippen molar-refractivity contribution < 1.29 is 5.11 Å². The molecule has 0 unspecified atom stereocenters. The van der Waals surface area contributed by atoms with E-state index in [0.717, 1.165) is 24.9 Å². The second-order valence-corrected chi connectivity index (χ2v) is 7.68. The first-order valence-electron chi connectivity index (χ1n) is 8.21. The quantitative estimate of drug-likeness (QED) is 0.691. The summed E-state index contributed by atoms with van der Waals surface area (Å²) in [6.07, 6.45) is 4.09. The van der Waals surface area contributed by atoms with Gasteiger partial charge in [-0.1, -0.05) is 19.9 Å². The van der Waals surface area contributed by atoms with Crippen LogP contribution in [0, 0.1) is 5.92 Å². The molecule has 0 aliphatic carbocycles. The number of phenolic OH excluding ortho intramolecular Hbond substituents is 1. The summed E-state index contributed by atoms with van der Waals surface area (Å²) in [5, 5.41) is 12.5. The maximum atomic E-state index is 10.4. The van der Waals surface area contributed by atoms with Gasteiger partial charge in [0.15, 0.2) is 0 Å². The van der Waals surface area contributed by atoms with Crippen molar-refractivity contribution in [1.82, 2.24) is 4.57 Å². The predicted octanol–water partition coefficient (Wildman–Crippen LogP) is 5.34. The van der Waals surface area contributed by atoms with E-state index in [4.69, 9.17) is 0 Å². The highest BCUT2D eigenvalue weighted by atomic mass is 32.1. The van der Waals surface area contributed by atoms with Gasteiger partial charge >= 0.3 is 0 Å². The Morgan fingerprint density at radius 1 is 1.22 bits per heavy atom. The molecule has 1 aromatic carbocycles. The summed E-state index contributed by atoms with van der Waals surface area (Å²) in [4.78, 5) is 1.31. The van der Waals surface area contributed by atoms with Crippen molar-refractivity contribution in [3.05, 3.63) is 53.0 Å². The summed E-state index contributed by atoms with van der Waals surface area (Å²) in [7, 11) is 0. The molecule has 0 bridgehead atoms. The van der Waals surface area contributed by atoms with Crippen molar-refractivity contribution in [2.45, 2.75) is 33.2 Å². The third-order valence-electron chi connectivity index (χ3n) is 4.56. The third kappa shape index (κ3) is 2.49. The number of aromatic nitrogens is 1. The van der Waals surface area contributed by atoms with E-state index >= 15 is 0 Å². The number of fused-ring (bicyclic) bond motifs is 3. The van der Waals surface area contributed by atoms with Crippen molar-refractivity contribution in [3.8, 4) is 27.4 Å². The molecule has 23 heavy (non-hydrogen) atoms. The maximum absolute atomic E-state index is 10.4. The normalized spacial score (nSPS) is 13.2. The summed E-state index contributed by atoms with van der Waals surface area (Å²) >= 11 is 1.78. The average Bonchev–Trinajstić information content (AvgIpc) is 3.15. The molecule has 2 aromatic heterocycles. The fourth-order valence-corrected chi connectivity index (χ4v) is 4.29. The van der Waals surface area contributed by atoms with E-state index in [2.05, 4.69) is 54.3 Å². The fourth-order valence-electron chi connectivity index (χ4n) is 3.54. The van der Waals surface area contributed by atoms with Crippen LogP contribution >= 0.6 is 11.3 Å². The Morgan fingerprint density at radius 3 is 2.83 bits per heavy atom. The first kappa shape index (κ1) is 14.6. The highest BCUT2D eigenvalue weighted by molar-refractivity contribution is 7.13. The summed E-state index contributed by atoms with van der Waals surface area (Å²) < 4.78 is 2.35. The predicted molar refractivity (Wildman–Crippen MR) is 97.1 cm³/mol. The van der Waals surface area contributed by atoms with E-state index in [1.807, 2.05) is 6.07 Å². The minimum Gasteiger partial charge on any atom is -0.508 e. The number of rotatable bonds is 3. The minimum atomic E-state index is 0.454. The van der Waals surface area contributed by atoms with Crippen LogP contribution in [0.2, 0.25) is 0 Å². The number of phenols is 1. The van der Waals surface area contributed by atoms with E-state index in [9.17, 15) is 5.11 Å². The molecule has 3 aromatic rings. The van der Waals surface area contributed by atoms with E-state index in [-0.39, 0.29) is 0 Å². The molecular weight excluding hydrogens is 302 g/mol. The highest BCUT2D eigenvalue weighted by Crippen LogP contribution is 2.42. The number of hydrogen-bond acceptors (Lipinski definition) is 2. The molecule has 1 aliphatic rings. The third-order valence-corrected chi connectivity index (χ3v) is 5.46. The molecule has 0 amide bonds. The second kappa shape index (κ2) is 5.57. The maximum Gasteiger partial charge on any atom is 0.119 e. The summed E-state index contributed by atoms with van der Waals surface area (Å²) in [5.74, 6) is 0.987. The first-order valence-corrected chi connectivity index (χ1v) is 9.09. The lowest BCUT2D eigenvalue weighted by molar-refractivity contribution is 0.461. The Kier molecular flexibility index (Phi) is 3.53. The Balaban J connectivity index is 1.90. The van der Waals surface area contributed by atoms with Crippen LogP contribution in [0.1, 0.15) is 25.0 Å². The van der Waals surface area contributed by atoms with Gasteiger partial charge < -0.3 is 9.67 Å². The van der Waals surface area contributed by atoms with Crippen LogP contribution in [0.15, 0.2) is 41.9 Å². The Labute approximate surface area is 141 Å². The van der Waals surface area contributed by atoms with Gasteiger partial charge in [-0.25, -0.2) is 0 Å². The van der Waals surface area contributed by atoms with Crippen molar-refractivity contribution >= 4 is 11.3 Å². The molecule has 0 spiro atoms. The van der Waals surface area contributed by atoms with Crippen molar-refractivity contribution in [1.29, 1.82) is 0 Å². The van der Waals surface area contributed by atoms with E-state index in [1.165, 1.54) is 27.3 Å². The molecule has 2 nitrogen and oxygen atoms in total. The van der Waals surface area contributed by atoms with E-state index in [1.54, 1.807) is 11.3 Å². The standard InChI is InChI=1S/C20H21NOS/c1-13(2)10-15-11-17-14(12-18(15)22)5-7-21-8-6-16(20(17)21)19-4-3-9-23-19/h3-4,6,8-9,11-13,22H,5,7,10H2,1-2H3. The monoisotopic (exact) mass is 323 g/mol. The lowest BCUT2D eigenvalue weighted by Crippen LogP contribution is -2.11. The topological polar surface area (TPSA) is 25.2 Å². The van der Waals surface area contributed by atoms with E-state index < -0.39 is 0 Å². The zero-order valence-corrected chi connectivity index (χ0v) is 14.4. The zero-order valence-electron chi connectivity index (χ0n) is 13.5. The van der Waals surface area contributed by atoms with Crippen LogP contribution in [-0.4, -0.2) is 9.67 Å². The molecule has 1 aliphatic heterocycles. The van der Waals surface area contributed by atoms with Crippen molar-refractivity contribution in [3.63, 3.8) is 0 Å². The van der Waals surface area contributed by atoms with Gasteiger partial charge in [-0.2, -0.15) is 0 Å². The first-order chi connectivity index (χ1) is 11.1.